The first-order valence-electron chi connectivity index (χ1n) is 8.67. The average molecular weight is 335 g/mol. The Morgan fingerprint density at radius 2 is 1.46 bits per heavy atom. The van der Waals surface area contributed by atoms with Crippen molar-refractivity contribution in [3.63, 3.8) is 0 Å². The van der Waals surface area contributed by atoms with E-state index in [-0.39, 0.29) is 0 Å². The Balaban J connectivity index is 2.03. The Labute approximate surface area is 147 Å². The fraction of sp³-hybridized carbons (Fsp3) is 0.273. The van der Waals surface area contributed by atoms with Crippen LogP contribution in [0, 0.1) is 5.92 Å². The van der Waals surface area contributed by atoms with Crippen LogP contribution in [0.1, 0.15) is 13.3 Å². The molecular weight excluding hydrogens is 309 g/mol. The van der Waals surface area contributed by atoms with Crippen molar-refractivity contribution in [2.45, 2.75) is 19.4 Å². The third-order valence-corrected chi connectivity index (χ3v) is 7.30. The van der Waals surface area contributed by atoms with Crippen LogP contribution in [0.15, 0.2) is 84.2 Å². The van der Waals surface area contributed by atoms with E-state index in [1.54, 1.807) is 5.31 Å². The summed E-state index contributed by atoms with van der Waals surface area (Å²) in [6, 6.07) is 22.5. The van der Waals surface area contributed by atoms with Crippen LogP contribution in [0.5, 0.6) is 0 Å². The van der Waals surface area contributed by atoms with Gasteiger partial charge in [-0.15, -0.1) is 0 Å². The summed E-state index contributed by atoms with van der Waals surface area (Å²) in [5.41, 5.74) is 0. The number of rotatable bonds is 6. The van der Waals surface area contributed by atoms with E-state index in [9.17, 15) is 0 Å². The number of benzene rings is 2. The fourth-order valence-corrected chi connectivity index (χ4v) is 6.20. The lowest BCUT2D eigenvalue weighted by Gasteiger charge is -2.33. The molecule has 1 nitrogen and oxygen atoms in total. The van der Waals surface area contributed by atoms with Crippen molar-refractivity contribution >= 4 is 18.5 Å². The van der Waals surface area contributed by atoms with E-state index in [1.807, 2.05) is 0 Å². The van der Waals surface area contributed by atoms with E-state index in [0.717, 1.165) is 6.42 Å². The van der Waals surface area contributed by atoms with Crippen LogP contribution < -0.4 is 10.6 Å². The monoisotopic (exact) mass is 335 g/mol. The van der Waals surface area contributed by atoms with Gasteiger partial charge in [0.2, 0.25) is 0 Å². The van der Waals surface area contributed by atoms with Gasteiger partial charge in [-0.3, -0.25) is 0 Å². The maximum atomic E-state index is 2.39. The summed E-state index contributed by atoms with van der Waals surface area (Å²) in [4.78, 5) is 2.37. The summed E-state index contributed by atoms with van der Waals surface area (Å²) >= 11 is 0. The highest BCUT2D eigenvalue weighted by molar-refractivity contribution is 7.76. The van der Waals surface area contributed by atoms with Gasteiger partial charge >= 0.3 is 0 Å². The van der Waals surface area contributed by atoms with Crippen LogP contribution in [0.2, 0.25) is 0 Å². The van der Waals surface area contributed by atoms with E-state index < -0.39 is 7.92 Å². The molecule has 0 saturated heterocycles. The van der Waals surface area contributed by atoms with Crippen molar-refractivity contribution in [1.82, 2.24) is 4.90 Å². The molecule has 2 heteroatoms. The zero-order valence-corrected chi connectivity index (χ0v) is 15.7. The molecule has 0 aromatic heterocycles. The Morgan fingerprint density at radius 1 is 0.917 bits per heavy atom. The first kappa shape index (κ1) is 17.1. The molecule has 0 spiro atoms. The van der Waals surface area contributed by atoms with Crippen LogP contribution in [0.4, 0.5) is 0 Å². The van der Waals surface area contributed by atoms with Crippen LogP contribution in [-0.2, 0) is 0 Å². The molecule has 0 fully saturated rings. The minimum atomic E-state index is -0.482. The summed E-state index contributed by atoms with van der Waals surface area (Å²) in [5, 5.41) is 4.45. The molecule has 2 aromatic rings. The predicted octanol–water partition coefficient (Wildman–Crippen LogP) is 4.53. The van der Waals surface area contributed by atoms with Crippen molar-refractivity contribution in [2.75, 3.05) is 14.1 Å². The van der Waals surface area contributed by atoms with Gasteiger partial charge in [0.25, 0.3) is 0 Å². The molecule has 0 heterocycles. The highest BCUT2D eigenvalue weighted by Crippen LogP contribution is 2.50. The molecule has 3 rings (SSSR count). The first-order chi connectivity index (χ1) is 11.7. The third kappa shape index (κ3) is 3.53. The molecule has 0 N–H and O–H groups in total. The van der Waals surface area contributed by atoms with Crippen LogP contribution >= 0.6 is 7.92 Å². The Morgan fingerprint density at radius 3 is 1.92 bits per heavy atom. The second kappa shape index (κ2) is 7.92. The summed E-state index contributed by atoms with van der Waals surface area (Å²) in [6.45, 7) is 2.29. The highest BCUT2D eigenvalue weighted by Gasteiger charge is 2.31. The van der Waals surface area contributed by atoms with Crippen molar-refractivity contribution in [3.05, 3.63) is 84.2 Å². The average Bonchev–Trinajstić information content (AvgIpc) is 3.06. The van der Waals surface area contributed by atoms with Crippen LogP contribution in [0.25, 0.3) is 0 Å². The van der Waals surface area contributed by atoms with Gasteiger partial charge in [-0.1, -0.05) is 85.8 Å². The lowest BCUT2D eigenvalue weighted by molar-refractivity contribution is 0.253. The Bertz CT molecular complexity index is 664. The maximum Gasteiger partial charge on any atom is 0.0191 e. The smallest absolute Gasteiger partial charge is 0.0191 e. The predicted molar refractivity (Wildman–Crippen MR) is 108 cm³/mol. The normalized spacial score (nSPS) is 18.2. The van der Waals surface area contributed by atoms with Gasteiger partial charge in [-0.2, -0.15) is 0 Å². The molecule has 0 radical (unpaired) electrons. The summed E-state index contributed by atoms with van der Waals surface area (Å²) in [5.74, 6) is 0.497. The van der Waals surface area contributed by atoms with Crippen molar-refractivity contribution in [3.8, 4) is 0 Å². The number of hydrogen-bond donors (Lipinski definition) is 0. The van der Waals surface area contributed by atoms with E-state index in [1.165, 1.54) is 10.6 Å². The molecule has 0 amide bonds. The van der Waals surface area contributed by atoms with E-state index in [2.05, 4.69) is 105 Å². The zero-order chi connectivity index (χ0) is 16.9. The SMILES string of the molecule is CCC(C1C=CC=C1P(c1ccccc1)c1ccccc1)N(C)C. The van der Waals surface area contributed by atoms with Crippen molar-refractivity contribution in [2.24, 2.45) is 5.92 Å². The van der Waals surface area contributed by atoms with Gasteiger partial charge in [0.15, 0.2) is 0 Å². The molecule has 0 aliphatic heterocycles. The molecule has 2 atom stereocenters. The molecule has 2 unspecified atom stereocenters. The van der Waals surface area contributed by atoms with Gasteiger partial charge in [-0.25, -0.2) is 0 Å². The third-order valence-electron chi connectivity index (χ3n) is 4.71. The molecule has 2 aromatic carbocycles. The van der Waals surface area contributed by atoms with Gasteiger partial charge in [0, 0.05) is 12.0 Å². The molecule has 1 aliphatic rings. The first-order valence-corrected chi connectivity index (χ1v) is 10.0. The van der Waals surface area contributed by atoms with E-state index in [0.29, 0.717) is 12.0 Å². The minimum Gasteiger partial charge on any atom is -0.306 e. The fourth-order valence-electron chi connectivity index (χ4n) is 3.57. The number of allylic oxidation sites excluding steroid dienone is 2. The van der Waals surface area contributed by atoms with Gasteiger partial charge in [0.1, 0.15) is 0 Å². The second-order valence-corrected chi connectivity index (χ2v) is 8.67. The van der Waals surface area contributed by atoms with E-state index in [4.69, 9.17) is 0 Å². The summed E-state index contributed by atoms with van der Waals surface area (Å²) in [7, 11) is 3.92. The van der Waals surface area contributed by atoms with Crippen LogP contribution in [-0.4, -0.2) is 25.0 Å². The standard InChI is InChI=1S/C22H26NP/c1-4-21(23(2)3)20-16-11-17-22(20)24(18-12-7-5-8-13-18)19-14-9-6-10-15-19/h5-17,20-21H,4H2,1-3H3. The molecule has 1 aliphatic carbocycles. The maximum absolute atomic E-state index is 2.39. The van der Waals surface area contributed by atoms with Crippen molar-refractivity contribution < 1.29 is 0 Å². The zero-order valence-electron chi connectivity index (χ0n) is 14.8. The number of nitrogens with zero attached hydrogens (tertiary/aromatic N) is 1. The van der Waals surface area contributed by atoms with Crippen molar-refractivity contribution in [1.29, 1.82) is 0 Å². The van der Waals surface area contributed by atoms with Gasteiger partial charge in [0.05, 0.1) is 0 Å². The largest absolute Gasteiger partial charge is 0.306 e. The lowest BCUT2D eigenvalue weighted by atomic mass is 9.98. The van der Waals surface area contributed by atoms with E-state index >= 15 is 0 Å². The van der Waals surface area contributed by atoms with Crippen LogP contribution in [0.3, 0.4) is 0 Å². The number of hydrogen-bond acceptors (Lipinski definition) is 1. The second-order valence-electron chi connectivity index (χ2n) is 6.45. The van der Waals surface area contributed by atoms with Gasteiger partial charge in [-0.05, 0) is 44.4 Å². The minimum absolute atomic E-state index is 0.482. The molecular formula is C22H26NP. The summed E-state index contributed by atoms with van der Waals surface area (Å²) < 4.78 is 0. The molecule has 24 heavy (non-hydrogen) atoms. The molecule has 0 bridgehead atoms. The topological polar surface area (TPSA) is 3.24 Å². The Kier molecular flexibility index (Phi) is 5.66. The summed E-state index contributed by atoms with van der Waals surface area (Å²) in [6.07, 6.45) is 8.17. The molecule has 0 saturated carbocycles. The highest BCUT2D eigenvalue weighted by atomic mass is 31.1. The molecule has 124 valence electrons. The Hall–Kier alpha value is -1.69. The van der Waals surface area contributed by atoms with Gasteiger partial charge < -0.3 is 4.90 Å². The quantitative estimate of drug-likeness (QED) is 0.701. The lowest BCUT2D eigenvalue weighted by Crippen LogP contribution is -2.35.